The summed E-state index contributed by atoms with van der Waals surface area (Å²) in [6.45, 7) is 0.108. The maximum atomic E-state index is 11.1. The van der Waals surface area contributed by atoms with Gasteiger partial charge in [-0.1, -0.05) is 0 Å². The van der Waals surface area contributed by atoms with E-state index >= 15 is 0 Å². The number of primary amides is 1. The Labute approximate surface area is 84.9 Å². The Morgan fingerprint density at radius 1 is 1.64 bits per heavy atom. The van der Waals surface area contributed by atoms with Crippen molar-refractivity contribution >= 4 is 23.3 Å². The molecule has 6 heteroatoms. The molecule has 1 rings (SSSR count). The fourth-order valence-corrected chi connectivity index (χ4v) is 1.64. The summed E-state index contributed by atoms with van der Waals surface area (Å²) in [4.78, 5) is 22.2. The van der Waals surface area contributed by atoms with Crippen molar-refractivity contribution in [3.8, 4) is 0 Å². The number of hydrogen-bond donors (Lipinski definition) is 2. The van der Waals surface area contributed by atoms with E-state index in [1.807, 2.05) is 0 Å². The first-order valence-corrected chi connectivity index (χ1v) is 4.73. The molecule has 0 saturated carbocycles. The first kappa shape index (κ1) is 10.5. The molecular formula is C8H10N2O3S. The van der Waals surface area contributed by atoms with E-state index in [0.717, 1.165) is 4.88 Å². The smallest absolute Gasteiger partial charge is 0.404 e. The van der Waals surface area contributed by atoms with Crippen molar-refractivity contribution in [2.24, 2.45) is 5.73 Å². The normalized spacial score (nSPS) is 9.50. The van der Waals surface area contributed by atoms with E-state index in [2.05, 4.69) is 10.1 Å². The van der Waals surface area contributed by atoms with E-state index in [9.17, 15) is 9.59 Å². The molecule has 0 spiro atoms. The number of rotatable bonds is 3. The van der Waals surface area contributed by atoms with E-state index in [0.29, 0.717) is 5.56 Å². The van der Waals surface area contributed by atoms with Gasteiger partial charge < -0.3 is 15.8 Å². The van der Waals surface area contributed by atoms with Gasteiger partial charge in [0, 0.05) is 17.3 Å². The van der Waals surface area contributed by atoms with Gasteiger partial charge >= 0.3 is 6.09 Å². The van der Waals surface area contributed by atoms with Crippen molar-refractivity contribution in [2.45, 2.75) is 6.61 Å². The zero-order valence-electron chi connectivity index (χ0n) is 7.57. The summed E-state index contributed by atoms with van der Waals surface area (Å²) in [6, 6.07) is 1.66. The molecule has 0 atom stereocenters. The van der Waals surface area contributed by atoms with Crippen LogP contribution in [0.3, 0.4) is 0 Å². The van der Waals surface area contributed by atoms with Crippen LogP contribution >= 0.6 is 11.3 Å². The molecule has 0 fully saturated rings. The lowest BCUT2D eigenvalue weighted by molar-refractivity contribution is 0.0963. The molecule has 2 amide bonds. The van der Waals surface area contributed by atoms with Crippen molar-refractivity contribution in [1.29, 1.82) is 0 Å². The number of hydrogen-bond acceptors (Lipinski definition) is 4. The van der Waals surface area contributed by atoms with Crippen molar-refractivity contribution in [1.82, 2.24) is 5.32 Å². The molecule has 1 aromatic heterocycles. The van der Waals surface area contributed by atoms with Gasteiger partial charge in [0.05, 0.1) is 5.56 Å². The second-order valence-electron chi connectivity index (χ2n) is 2.49. The summed E-state index contributed by atoms with van der Waals surface area (Å²) in [5, 5.41) is 4.19. The predicted molar refractivity (Wildman–Crippen MR) is 52.1 cm³/mol. The van der Waals surface area contributed by atoms with Crippen LogP contribution in [0.25, 0.3) is 0 Å². The number of carbonyl (C=O) groups excluding carboxylic acids is 2. The third-order valence-electron chi connectivity index (χ3n) is 1.50. The number of ether oxygens (including phenoxy) is 1. The van der Waals surface area contributed by atoms with Crippen LogP contribution < -0.4 is 11.1 Å². The van der Waals surface area contributed by atoms with Crippen LogP contribution in [-0.4, -0.2) is 19.0 Å². The first-order chi connectivity index (χ1) is 6.63. The summed E-state index contributed by atoms with van der Waals surface area (Å²) in [7, 11) is 1.56. The van der Waals surface area contributed by atoms with E-state index < -0.39 is 6.09 Å². The zero-order valence-corrected chi connectivity index (χ0v) is 8.39. The number of nitrogens with two attached hydrogens (primary N) is 1. The van der Waals surface area contributed by atoms with Gasteiger partial charge in [0.1, 0.15) is 6.61 Å². The first-order valence-electron chi connectivity index (χ1n) is 3.85. The average molecular weight is 214 g/mol. The molecular weight excluding hydrogens is 204 g/mol. The Bertz CT molecular complexity index is 348. The van der Waals surface area contributed by atoms with E-state index in [1.165, 1.54) is 11.3 Å². The van der Waals surface area contributed by atoms with E-state index in [-0.39, 0.29) is 12.5 Å². The van der Waals surface area contributed by atoms with Gasteiger partial charge in [0.2, 0.25) is 0 Å². The molecule has 0 saturated heterocycles. The van der Waals surface area contributed by atoms with E-state index in [4.69, 9.17) is 5.73 Å². The molecule has 1 aromatic rings. The van der Waals surface area contributed by atoms with Gasteiger partial charge in [-0.25, -0.2) is 4.79 Å². The van der Waals surface area contributed by atoms with Crippen molar-refractivity contribution in [3.63, 3.8) is 0 Å². The largest absolute Gasteiger partial charge is 0.444 e. The molecule has 0 aliphatic rings. The minimum Gasteiger partial charge on any atom is -0.444 e. The van der Waals surface area contributed by atoms with Crippen LogP contribution in [0.2, 0.25) is 0 Å². The number of nitrogens with one attached hydrogen (secondary N) is 1. The van der Waals surface area contributed by atoms with Crippen molar-refractivity contribution in [2.75, 3.05) is 7.05 Å². The Morgan fingerprint density at radius 3 is 2.93 bits per heavy atom. The highest BCUT2D eigenvalue weighted by Gasteiger charge is 2.07. The minimum atomic E-state index is -0.820. The van der Waals surface area contributed by atoms with Crippen LogP contribution in [0.5, 0.6) is 0 Å². The molecule has 1 heterocycles. The van der Waals surface area contributed by atoms with Gasteiger partial charge in [-0.05, 0) is 6.07 Å². The fraction of sp³-hybridized carbons (Fsp3) is 0.250. The van der Waals surface area contributed by atoms with Gasteiger partial charge in [-0.2, -0.15) is 0 Å². The average Bonchev–Trinajstić information content (AvgIpc) is 2.62. The standard InChI is InChI=1S/C8H10N2O3S/c1-10-7(11)5-2-6(14-4-5)3-13-8(9)12/h2,4H,3H2,1H3,(H2,9,12)(H,10,11). The van der Waals surface area contributed by atoms with E-state index in [1.54, 1.807) is 18.5 Å². The van der Waals surface area contributed by atoms with Gasteiger partial charge in [0.15, 0.2) is 0 Å². The third kappa shape index (κ3) is 2.74. The lowest BCUT2D eigenvalue weighted by Gasteiger charge is -1.96. The van der Waals surface area contributed by atoms with Crippen LogP contribution in [0.4, 0.5) is 4.79 Å². The molecule has 0 bridgehead atoms. The molecule has 3 N–H and O–H groups in total. The van der Waals surface area contributed by atoms with Gasteiger partial charge in [-0.15, -0.1) is 11.3 Å². The molecule has 0 aromatic carbocycles. The molecule has 0 radical (unpaired) electrons. The number of amides is 2. The summed E-state index contributed by atoms with van der Waals surface area (Å²) in [6.07, 6.45) is -0.820. The van der Waals surface area contributed by atoms with Crippen LogP contribution in [0.1, 0.15) is 15.2 Å². The lowest BCUT2D eigenvalue weighted by atomic mass is 10.3. The molecule has 0 aliphatic carbocycles. The summed E-state index contributed by atoms with van der Waals surface area (Å²) >= 11 is 1.34. The van der Waals surface area contributed by atoms with Crippen LogP contribution in [0, 0.1) is 0 Å². The maximum Gasteiger partial charge on any atom is 0.404 e. The second kappa shape index (κ2) is 4.61. The topological polar surface area (TPSA) is 81.4 Å². The molecule has 76 valence electrons. The van der Waals surface area contributed by atoms with Crippen molar-refractivity contribution < 1.29 is 14.3 Å². The van der Waals surface area contributed by atoms with Gasteiger partial charge in [0.25, 0.3) is 5.91 Å². The molecule has 0 aliphatic heterocycles. The SMILES string of the molecule is CNC(=O)c1csc(COC(N)=O)c1. The summed E-state index contributed by atoms with van der Waals surface area (Å²) < 4.78 is 4.57. The highest BCUT2D eigenvalue weighted by molar-refractivity contribution is 7.10. The Balaban J connectivity index is 2.59. The summed E-state index contributed by atoms with van der Waals surface area (Å²) in [5.41, 5.74) is 5.35. The fourth-order valence-electron chi connectivity index (χ4n) is 0.862. The van der Waals surface area contributed by atoms with Crippen molar-refractivity contribution in [3.05, 3.63) is 21.9 Å². The van der Waals surface area contributed by atoms with Gasteiger partial charge in [-0.3, -0.25) is 4.79 Å². The molecule has 5 nitrogen and oxygen atoms in total. The Morgan fingerprint density at radius 2 is 2.36 bits per heavy atom. The molecule has 14 heavy (non-hydrogen) atoms. The number of thiophene rings is 1. The van der Waals surface area contributed by atoms with Crippen LogP contribution in [-0.2, 0) is 11.3 Å². The maximum absolute atomic E-state index is 11.1. The molecule has 0 unspecified atom stereocenters. The predicted octanol–water partition coefficient (Wildman–Crippen LogP) is 0.703. The monoisotopic (exact) mass is 214 g/mol. The Hall–Kier alpha value is -1.56. The third-order valence-corrected chi connectivity index (χ3v) is 2.41. The summed E-state index contributed by atoms with van der Waals surface area (Å²) in [5.74, 6) is -0.161. The van der Waals surface area contributed by atoms with Crippen LogP contribution in [0.15, 0.2) is 11.4 Å². The quantitative estimate of drug-likeness (QED) is 0.777. The zero-order chi connectivity index (χ0) is 10.6. The second-order valence-corrected chi connectivity index (χ2v) is 3.48. The minimum absolute atomic E-state index is 0.108. The number of carbonyl (C=O) groups is 2. The highest BCUT2D eigenvalue weighted by Crippen LogP contribution is 2.15. The lowest BCUT2D eigenvalue weighted by Crippen LogP contribution is -2.16. The highest BCUT2D eigenvalue weighted by atomic mass is 32.1. The Kier molecular flexibility index (Phi) is 3.47.